The number of aryl methyl sites for hydroxylation is 2. The molecule has 0 aliphatic heterocycles. The molecule has 6 nitrogen and oxygen atoms in total. The van der Waals surface area contributed by atoms with Crippen molar-refractivity contribution in [2.75, 3.05) is 6.54 Å². The Bertz CT molecular complexity index is 950. The van der Waals surface area contributed by atoms with Gasteiger partial charge in [-0.15, -0.1) is 10.2 Å². The number of thioether (sulfide) groups is 1. The monoisotopic (exact) mass is 396 g/mol. The van der Waals surface area contributed by atoms with E-state index in [2.05, 4.69) is 24.0 Å². The van der Waals surface area contributed by atoms with Gasteiger partial charge in [0.05, 0.1) is 0 Å². The summed E-state index contributed by atoms with van der Waals surface area (Å²) in [6.07, 6.45) is 0. The van der Waals surface area contributed by atoms with Gasteiger partial charge in [0, 0.05) is 10.6 Å². The summed E-state index contributed by atoms with van der Waals surface area (Å²) < 4.78 is 1.94. The maximum atomic E-state index is 11.3. The van der Waals surface area contributed by atoms with E-state index >= 15 is 0 Å². The molecule has 1 atom stereocenters. The highest BCUT2D eigenvalue weighted by Gasteiger charge is 2.23. The first kappa shape index (κ1) is 20.1. The van der Waals surface area contributed by atoms with Crippen LogP contribution in [0.25, 0.3) is 5.69 Å². The van der Waals surface area contributed by atoms with E-state index in [1.807, 2.05) is 66.9 Å². The first-order valence-electron chi connectivity index (χ1n) is 9.22. The van der Waals surface area contributed by atoms with Gasteiger partial charge in [0.1, 0.15) is 11.1 Å². The van der Waals surface area contributed by atoms with Crippen molar-refractivity contribution in [2.45, 2.75) is 44.0 Å². The number of rotatable bonds is 7. The van der Waals surface area contributed by atoms with Crippen molar-refractivity contribution in [2.24, 2.45) is 0 Å². The Balaban J connectivity index is 1.94. The summed E-state index contributed by atoms with van der Waals surface area (Å²) in [5.74, 6) is 1.17. The van der Waals surface area contributed by atoms with Crippen LogP contribution in [-0.2, 0) is 0 Å². The summed E-state index contributed by atoms with van der Waals surface area (Å²) in [5, 5.41) is 20.1. The molecule has 0 spiro atoms. The summed E-state index contributed by atoms with van der Waals surface area (Å²) in [7, 11) is 0. The lowest BCUT2D eigenvalue weighted by Crippen LogP contribution is -2.11. The number of hydrogen-bond acceptors (Lipinski definition) is 5. The number of nitrogens with zero attached hydrogens (tertiary/aromatic N) is 4. The van der Waals surface area contributed by atoms with Gasteiger partial charge in [-0.25, -0.2) is 0 Å². The molecule has 0 saturated carbocycles. The zero-order valence-electron chi connectivity index (χ0n) is 16.5. The van der Waals surface area contributed by atoms with Gasteiger partial charge in [-0.2, -0.15) is 0 Å². The quantitative estimate of drug-likeness (QED) is 0.315. The molecule has 0 aliphatic rings. The Morgan fingerprint density at radius 3 is 2.18 bits per heavy atom. The van der Waals surface area contributed by atoms with E-state index in [0.717, 1.165) is 17.1 Å². The lowest BCUT2D eigenvalue weighted by atomic mass is 10.0. The normalized spacial score (nSPS) is 12.3. The third-order valence-corrected chi connectivity index (χ3v) is 5.81. The van der Waals surface area contributed by atoms with Crippen molar-refractivity contribution < 1.29 is 4.92 Å². The molecule has 3 rings (SSSR count). The summed E-state index contributed by atoms with van der Waals surface area (Å²) >= 11 is 1.38. The predicted octanol–water partition coefficient (Wildman–Crippen LogP) is 5.12. The fraction of sp³-hybridized carbons (Fsp3) is 0.333. The molecule has 0 unspecified atom stereocenters. The van der Waals surface area contributed by atoms with Crippen LogP contribution in [0.15, 0.2) is 53.7 Å². The molecule has 0 aliphatic carbocycles. The maximum Gasteiger partial charge on any atom is 0.220 e. The number of benzene rings is 2. The van der Waals surface area contributed by atoms with Gasteiger partial charge < -0.3 is 0 Å². The molecule has 0 fully saturated rings. The van der Waals surface area contributed by atoms with Gasteiger partial charge in [-0.3, -0.25) is 14.7 Å². The van der Waals surface area contributed by atoms with Crippen molar-refractivity contribution in [3.05, 3.63) is 81.2 Å². The number of aromatic nitrogens is 3. The van der Waals surface area contributed by atoms with Crippen molar-refractivity contribution in [1.29, 1.82) is 0 Å². The van der Waals surface area contributed by atoms with Crippen LogP contribution in [0.3, 0.4) is 0 Å². The van der Waals surface area contributed by atoms with Gasteiger partial charge in [-0.1, -0.05) is 67.6 Å². The number of hydrogen-bond donors (Lipinski definition) is 0. The van der Waals surface area contributed by atoms with Crippen LogP contribution in [0.1, 0.15) is 47.5 Å². The van der Waals surface area contributed by atoms with E-state index in [0.29, 0.717) is 11.1 Å². The van der Waals surface area contributed by atoms with Crippen molar-refractivity contribution in [3.63, 3.8) is 0 Å². The molecule has 7 heteroatoms. The summed E-state index contributed by atoms with van der Waals surface area (Å²) in [5.41, 5.74) is 4.25. The molecule has 2 aromatic carbocycles. The Morgan fingerprint density at radius 2 is 1.61 bits per heavy atom. The lowest BCUT2D eigenvalue weighted by Gasteiger charge is -2.15. The fourth-order valence-corrected chi connectivity index (χ4v) is 4.15. The first-order valence-corrected chi connectivity index (χ1v) is 10.1. The van der Waals surface area contributed by atoms with Crippen molar-refractivity contribution in [3.8, 4) is 5.69 Å². The van der Waals surface area contributed by atoms with E-state index in [-0.39, 0.29) is 16.7 Å². The predicted molar refractivity (Wildman–Crippen MR) is 112 cm³/mol. The van der Waals surface area contributed by atoms with Crippen molar-refractivity contribution in [1.82, 2.24) is 14.8 Å². The molecule has 0 N–H and O–H groups in total. The second kappa shape index (κ2) is 8.56. The van der Waals surface area contributed by atoms with E-state index in [4.69, 9.17) is 0 Å². The van der Waals surface area contributed by atoms with Crippen LogP contribution in [0, 0.1) is 24.0 Å². The topological polar surface area (TPSA) is 73.8 Å². The number of nitro groups is 1. The fourth-order valence-electron chi connectivity index (χ4n) is 2.98. The highest BCUT2D eigenvalue weighted by atomic mass is 32.2. The van der Waals surface area contributed by atoms with Crippen LogP contribution in [-0.4, -0.2) is 26.2 Å². The van der Waals surface area contributed by atoms with Crippen molar-refractivity contribution >= 4 is 11.8 Å². The van der Waals surface area contributed by atoms with Crippen LogP contribution < -0.4 is 0 Å². The van der Waals surface area contributed by atoms with Gasteiger partial charge in [-0.05, 0) is 43.0 Å². The molecule has 1 aromatic heterocycles. The summed E-state index contributed by atoms with van der Waals surface area (Å²) in [6.45, 7) is 8.00. The van der Waals surface area contributed by atoms with Crippen LogP contribution >= 0.6 is 11.8 Å². The standard InChI is InChI=1S/C21H24N4O2S/c1-14(2)17-7-9-18(10-8-17)20(13-24(26)27)28-21-23-22-16(4)25(21)19-11-5-15(3)6-12-19/h5-12,14,20H,13H2,1-4H3/t20-/m1/s1. The lowest BCUT2D eigenvalue weighted by molar-refractivity contribution is -0.479. The molecule has 0 radical (unpaired) electrons. The van der Waals surface area contributed by atoms with Gasteiger partial charge in [0.2, 0.25) is 6.54 Å². The second-order valence-electron chi connectivity index (χ2n) is 7.14. The smallest absolute Gasteiger partial charge is 0.220 e. The maximum absolute atomic E-state index is 11.3. The molecule has 28 heavy (non-hydrogen) atoms. The molecular weight excluding hydrogens is 372 g/mol. The minimum Gasteiger partial charge on any atom is -0.274 e. The Hall–Kier alpha value is -2.67. The average Bonchev–Trinajstić information content (AvgIpc) is 3.02. The van der Waals surface area contributed by atoms with Gasteiger partial charge in [0.25, 0.3) is 0 Å². The van der Waals surface area contributed by atoms with E-state index in [1.54, 1.807) is 0 Å². The molecule has 3 aromatic rings. The third-order valence-electron chi connectivity index (χ3n) is 4.62. The zero-order valence-corrected chi connectivity index (χ0v) is 17.3. The third kappa shape index (κ3) is 4.59. The van der Waals surface area contributed by atoms with Gasteiger partial charge in [0.15, 0.2) is 5.16 Å². The highest BCUT2D eigenvalue weighted by Crippen LogP contribution is 2.36. The summed E-state index contributed by atoms with van der Waals surface area (Å²) in [4.78, 5) is 11.0. The minimum absolute atomic E-state index is 0.175. The molecule has 0 amide bonds. The minimum atomic E-state index is -0.344. The van der Waals surface area contributed by atoms with Crippen LogP contribution in [0.2, 0.25) is 0 Å². The molecule has 146 valence electrons. The Kier molecular flexibility index (Phi) is 6.14. The van der Waals surface area contributed by atoms with E-state index in [9.17, 15) is 10.1 Å². The average molecular weight is 397 g/mol. The molecule has 1 heterocycles. The largest absolute Gasteiger partial charge is 0.274 e. The SMILES string of the molecule is Cc1ccc(-n2c(C)nnc2S[C@H](C[N+](=O)[O-])c2ccc(C(C)C)cc2)cc1. The molecule has 0 saturated heterocycles. The van der Waals surface area contributed by atoms with E-state index < -0.39 is 0 Å². The van der Waals surface area contributed by atoms with Crippen LogP contribution in [0.5, 0.6) is 0 Å². The van der Waals surface area contributed by atoms with Gasteiger partial charge >= 0.3 is 0 Å². The molecule has 0 bridgehead atoms. The van der Waals surface area contributed by atoms with E-state index in [1.165, 1.54) is 22.9 Å². The zero-order chi connectivity index (χ0) is 20.3. The second-order valence-corrected chi connectivity index (χ2v) is 8.31. The van der Waals surface area contributed by atoms with Crippen LogP contribution in [0.4, 0.5) is 0 Å². The molecular formula is C21H24N4O2S. The Morgan fingerprint density at radius 1 is 1.00 bits per heavy atom. The Labute approximate surface area is 169 Å². The highest BCUT2D eigenvalue weighted by molar-refractivity contribution is 7.99. The first-order chi connectivity index (χ1) is 13.3. The summed E-state index contributed by atoms with van der Waals surface area (Å²) in [6, 6.07) is 16.1.